The van der Waals surface area contributed by atoms with Crippen LogP contribution in [0.15, 0.2) is 84.9 Å². The fourth-order valence-electron chi connectivity index (χ4n) is 4.34. The van der Waals surface area contributed by atoms with Gasteiger partial charge >= 0.3 is 0 Å². The molecule has 0 aliphatic carbocycles. The van der Waals surface area contributed by atoms with Crippen LogP contribution in [0.4, 0.5) is 0 Å². The highest BCUT2D eigenvalue weighted by Gasteiger charge is 2.17. The van der Waals surface area contributed by atoms with Crippen molar-refractivity contribution in [3.63, 3.8) is 0 Å². The number of hydrogen-bond donors (Lipinski definition) is 0. The molecule has 0 bridgehead atoms. The Morgan fingerprint density at radius 2 is 1.41 bits per heavy atom. The van der Waals surface area contributed by atoms with E-state index >= 15 is 0 Å². The summed E-state index contributed by atoms with van der Waals surface area (Å²) in [6.07, 6.45) is 0. The standard InChI is InChI=1S/C25H17NS/c1-16-8-7-12-19-24-22(27-25(16)19)15-14-21-23(24)18-11-5-6-13-20(18)26(21)17-9-3-2-4-10-17/h2-15H,1H3. The average molecular weight is 363 g/mol. The van der Waals surface area contributed by atoms with E-state index in [0.29, 0.717) is 0 Å². The minimum Gasteiger partial charge on any atom is -0.309 e. The van der Waals surface area contributed by atoms with Crippen LogP contribution in [0.3, 0.4) is 0 Å². The third-order valence-electron chi connectivity index (χ3n) is 5.51. The SMILES string of the molecule is Cc1cccc2c1sc1ccc3c(c4ccccc4n3-c3ccccc3)c12. The van der Waals surface area contributed by atoms with Gasteiger partial charge in [0, 0.05) is 36.6 Å². The van der Waals surface area contributed by atoms with Crippen LogP contribution in [-0.4, -0.2) is 4.57 Å². The van der Waals surface area contributed by atoms with Crippen molar-refractivity contribution in [2.24, 2.45) is 0 Å². The minimum absolute atomic E-state index is 1.21. The van der Waals surface area contributed by atoms with Crippen molar-refractivity contribution in [3.05, 3.63) is 90.5 Å². The maximum atomic E-state index is 2.39. The quantitative estimate of drug-likeness (QED) is 0.286. The van der Waals surface area contributed by atoms with E-state index in [4.69, 9.17) is 0 Å². The normalized spacial score (nSPS) is 11.9. The molecular weight excluding hydrogens is 346 g/mol. The third kappa shape index (κ3) is 1.99. The summed E-state index contributed by atoms with van der Waals surface area (Å²) in [6.45, 7) is 2.21. The predicted octanol–water partition coefficient (Wildman–Crippen LogP) is 7.46. The van der Waals surface area contributed by atoms with Crippen LogP contribution in [0.5, 0.6) is 0 Å². The van der Waals surface area contributed by atoms with Crippen LogP contribution in [0, 0.1) is 6.92 Å². The Morgan fingerprint density at radius 1 is 0.630 bits per heavy atom. The van der Waals surface area contributed by atoms with E-state index in [1.807, 2.05) is 11.3 Å². The topological polar surface area (TPSA) is 4.93 Å². The second-order valence-electron chi connectivity index (χ2n) is 7.07. The Balaban J connectivity index is 1.92. The van der Waals surface area contributed by atoms with Crippen molar-refractivity contribution in [1.82, 2.24) is 4.57 Å². The summed E-state index contributed by atoms with van der Waals surface area (Å²) in [5.41, 5.74) is 5.10. The van der Waals surface area contributed by atoms with Gasteiger partial charge in [0.15, 0.2) is 0 Å². The largest absolute Gasteiger partial charge is 0.309 e. The smallest absolute Gasteiger partial charge is 0.0548 e. The van der Waals surface area contributed by atoms with Crippen molar-refractivity contribution < 1.29 is 0 Å². The molecule has 2 heteroatoms. The second kappa shape index (κ2) is 5.45. The molecule has 0 saturated heterocycles. The van der Waals surface area contributed by atoms with Crippen molar-refractivity contribution in [3.8, 4) is 5.69 Å². The monoisotopic (exact) mass is 363 g/mol. The van der Waals surface area contributed by atoms with Gasteiger partial charge in [-0.1, -0.05) is 54.6 Å². The Labute approximate surface area is 161 Å². The molecule has 0 aliphatic heterocycles. The first-order valence-corrected chi connectivity index (χ1v) is 10.0. The van der Waals surface area contributed by atoms with E-state index < -0.39 is 0 Å². The van der Waals surface area contributed by atoms with Crippen LogP contribution in [-0.2, 0) is 0 Å². The van der Waals surface area contributed by atoms with Gasteiger partial charge in [0.1, 0.15) is 0 Å². The molecule has 0 amide bonds. The van der Waals surface area contributed by atoms with E-state index in [2.05, 4.69) is 96.4 Å². The molecule has 0 saturated carbocycles. The molecule has 27 heavy (non-hydrogen) atoms. The third-order valence-corrected chi connectivity index (χ3v) is 6.81. The molecule has 1 nitrogen and oxygen atoms in total. The number of aryl methyl sites for hydroxylation is 1. The molecule has 6 aromatic rings. The van der Waals surface area contributed by atoms with Crippen LogP contribution in [0.2, 0.25) is 0 Å². The zero-order chi connectivity index (χ0) is 18.0. The predicted molar refractivity (Wildman–Crippen MR) is 118 cm³/mol. The maximum Gasteiger partial charge on any atom is 0.0548 e. The summed E-state index contributed by atoms with van der Waals surface area (Å²) in [7, 11) is 0. The zero-order valence-electron chi connectivity index (χ0n) is 14.9. The summed E-state index contributed by atoms with van der Waals surface area (Å²) in [6, 6.07) is 30.7. The van der Waals surface area contributed by atoms with Crippen molar-refractivity contribution >= 4 is 53.3 Å². The van der Waals surface area contributed by atoms with E-state index in [9.17, 15) is 0 Å². The number of thiophene rings is 1. The van der Waals surface area contributed by atoms with Gasteiger partial charge in [-0.3, -0.25) is 0 Å². The van der Waals surface area contributed by atoms with Gasteiger partial charge in [-0.05, 0) is 42.8 Å². The molecule has 128 valence electrons. The number of fused-ring (bicyclic) bond motifs is 7. The maximum absolute atomic E-state index is 2.39. The molecule has 0 unspecified atom stereocenters. The van der Waals surface area contributed by atoms with Gasteiger partial charge in [0.25, 0.3) is 0 Å². The minimum atomic E-state index is 1.21. The summed E-state index contributed by atoms with van der Waals surface area (Å²) in [5, 5.41) is 5.45. The zero-order valence-corrected chi connectivity index (χ0v) is 15.8. The lowest BCUT2D eigenvalue weighted by atomic mass is 10.0. The number of nitrogens with zero attached hydrogens (tertiary/aromatic N) is 1. The van der Waals surface area contributed by atoms with Crippen molar-refractivity contribution in [2.45, 2.75) is 6.92 Å². The summed E-state index contributed by atoms with van der Waals surface area (Å²) in [5.74, 6) is 0. The molecule has 0 aliphatic rings. The molecule has 0 fully saturated rings. The van der Waals surface area contributed by atoms with Crippen molar-refractivity contribution in [2.75, 3.05) is 0 Å². The highest BCUT2D eigenvalue weighted by atomic mass is 32.1. The molecule has 2 heterocycles. The first-order chi connectivity index (χ1) is 13.3. The molecule has 0 atom stereocenters. The molecule has 4 aromatic carbocycles. The Bertz CT molecular complexity index is 1470. The lowest BCUT2D eigenvalue weighted by Crippen LogP contribution is -1.92. The van der Waals surface area contributed by atoms with Crippen LogP contribution >= 0.6 is 11.3 Å². The lowest BCUT2D eigenvalue weighted by Gasteiger charge is -2.07. The molecule has 2 aromatic heterocycles. The first kappa shape index (κ1) is 15.0. The average Bonchev–Trinajstić information content (AvgIpc) is 3.25. The van der Waals surface area contributed by atoms with Crippen LogP contribution in [0.25, 0.3) is 47.7 Å². The molecule has 6 rings (SSSR count). The number of para-hydroxylation sites is 2. The summed E-state index contributed by atoms with van der Waals surface area (Å²) in [4.78, 5) is 0. The van der Waals surface area contributed by atoms with Crippen LogP contribution < -0.4 is 0 Å². The second-order valence-corrected chi connectivity index (χ2v) is 8.13. The van der Waals surface area contributed by atoms with E-state index in [1.165, 1.54) is 53.2 Å². The van der Waals surface area contributed by atoms with Crippen LogP contribution in [0.1, 0.15) is 5.56 Å². The molecule has 0 N–H and O–H groups in total. The van der Waals surface area contributed by atoms with Gasteiger partial charge < -0.3 is 4.57 Å². The van der Waals surface area contributed by atoms with E-state index in [-0.39, 0.29) is 0 Å². The van der Waals surface area contributed by atoms with E-state index in [1.54, 1.807) is 0 Å². The van der Waals surface area contributed by atoms with Gasteiger partial charge in [0.2, 0.25) is 0 Å². The van der Waals surface area contributed by atoms with Gasteiger partial charge in [-0.2, -0.15) is 0 Å². The Kier molecular flexibility index (Phi) is 3.03. The lowest BCUT2D eigenvalue weighted by molar-refractivity contribution is 1.18. The van der Waals surface area contributed by atoms with Gasteiger partial charge in [-0.15, -0.1) is 11.3 Å². The highest BCUT2D eigenvalue weighted by molar-refractivity contribution is 7.26. The van der Waals surface area contributed by atoms with E-state index in [0.717, 1.165) is 0 Å². The Morgan fingerprint density at radius 3 is 2.30 bits per heavy atom. The number of hydrogen-bond acceptors (Lipinski definition) is 1. The van der Waals surface area contributed by atoms with Crippen molar-refractivity contribution in [1.29, 1.82) is 0 Å². The van der Waals surface area contributed by atoms with Gasteiger partial charge in [-0.25, -0.2) is 0 Å². The highest BCUT2D eigenvalue weighted by Crippen LogP contribution is 2.43. The fourth-order valence-corrected chi connectivity index (χ4v) is 5.52. The number of rotatable bonds is 1. The fraction of sp³-hybridized carbons (Fsp3) is 0.0400. The molecule has 0 radical (unpaired) electrons. The summed E-state index contributed by atoms with van der Waals surface area (Å²) < 4.78 is 5.16. The Hall–Kier alpha value is -3.10. The van der Waals surface area contributed by atoms with Gasteiger partial charge in [0.05, 0.1) is 11.0 Å². The number of aromatic nitrogens is 1. The number of benzene rings is 4. The summed E-state index contributed by atoms with van der Waals surface area (Å²) >= 11 is 1.91. The molecule has 0 spiro atoms. The molecular formula is C25H17NS. The first-order valence-electron chi connectivity index (χ1n) is 9.22.